The number of rotatable bonds is 4. The number of halogens is 5. The van der Waals surface area contributed by atoms with Crippen LogP contribution in [0, 0.1) is 12.8 Å². The minimum Gasteiger partial charge on any atom is -0.335 e. The maximum Gasteiger partial charge on any atom is 0.418 e. The van der Waals surface area contributed by atoms with Crippen LogP contribution in [0.4, 0.5) is 22.0 Å². The van der Waals surface area contributed by atoms with Gasteiger partial charge in [0.15, 0.2) is 0 Å². The van der Waals surface area contributed by atoms with Gasteiger partial charge in [0.2, 0.25) is 5.91 Å². The average molecular weight is 426 g/mol. The largest absolute Gasteiger partial charge is 0.418 e. The molecule has 1 aliphatic rings. The zero-order valence-electron chi connectivity index (χ0n) is 16.9. The van der Waals surface area contributed by atoms with E-state index in [0.717, 1.165) is 17.5 Å². The summed E-state index contributed by atoms with van der Waals surface area (Å²) in [6.45, 7) is 4.86. The number of nitrogens with zero attached hydrogens (tertiary/aromatic N) is 2. The second-order valence-corrected chi connectivity index (χ2v) is 7.99. The predicted molar refractivity (Wildman–Crippen MR) is 102 cm³/mol. The number of carbonyl (C=O) groups excluding carboxylic acids is 1. The number of hydrogen-bond acceptors (Lipinski definition) is 2. The SMILES string of the molecule is Cc1cccc([C@H]2[C@@H](C)CCN2C(=O)Cc2ncc(C(C)(F)F)cc2C(F)(F)F)c1. The van der Waals surface area contributed by atoms with Gasteiger partial charge in [-0.2, -0.15) is 13.2 Å². The number of hydrogen-bond donors (Lipinski definition) is 0. The molecule has 1 aliphatic heterocycles. The van der Waals surface area contributed by atoms with Gasteiger partial charge in [0.05, 0.1) is 23.7 Å². The van der Waals surface area contributed by atoms with Crippen LogP contribution in [0.3, 0.4) is 0 Å². The molecule has 0 bridgehead atoms. The van der Waals surface area contributed by atoms with Gasteiger partial charge in [0.1, 0.15) is 0 Å². The maximum absolute atomic E-state index is 13.5. The van der Waals surface area contributed by atoms with Crippen molar-refractivity contribution in [3.05, 3.63) is 64.5 Å². The molecule has 1 amide bonds. The van der Waals surface area contributed by atoms with Crippen molar-refractivity contribution >= 4 is 5.91 Å². The lowest BCUT2D eigenvalue weighted by Gasteiger charge is -2.28. The van der Waals surface area contributed by atoms with E-state index in [-0.39, 0.29) is 12.0 Å². The highest BCUT2D eigenvalue weighted by molar-refractivity contribution is 5.79. The van der Waals surface area contributed by atoms with Crippen LogP contribution in [0.1, 0.15) is 54.3 Å². The lowest BCUT2D eigenvalue weighted by Crippen LogP contribution is -2.34. The standard InChI is InChI=1S/C22H23F5N2O/c1-13-5-4-6-15(9-13)20-14(2)7-8-29(20)19(30)11-18-17(22(25,26)27)10-16(12-28-18)21(3,23)24/h4-6,9-10,12,14,20H,7-8,11H2,1-3H3/t14-,20+/m0/s1. The van der Waals surface area contributed by atoms with Crippen molar-refractivity contribution in [3.8, 4) is 0 Å². The van der Waals surface area contributed by atoms with Crippen LogP contribution in [-0.4, -0.2) is 22.3 Å². The van der Waals surface area contributed by atoms with Crippen LogP contribution in [0.15, 0.2) is 36.5 Å². The molecule has 0 aliphatic carbocycles. The normalized spacial score (nSPS) is 19.9. The number of carbonyl (C=O) groups is 1. The quantitative estimate of drug-likeness (QED) is 0.590. The van der Waals surface area contributed by atoms with Gasteiger partial charge in [0, 0.05) is 25.2 Å². The number of alkyl halides is 5. The first-order chi connectivity index (χ1) is 13.9. The van der Waals surface area contributed by atoms with E-state index in [4.69, 9.17) is 0 Å². The average Bonchev–Trinajstić information content (AvgIpc) is 3.02. The van der Waals surface area contributed by atoms with Crippen LogP contribution in [0.5, 0.6) is 0 Å². The summed E-state index contributed by atoms with van der Waals surface area (Å²) in [6, 6.07) is 7.82. The molecule has 30 heavy (non-hydrogen) atoms. The first-order valence-corrected chi connectivity index (χ1v) is 9.68. The number of aromatic nitrogens is 1. The summed E-state index contributed by atoms with van der Waals surface area (Å²) in [5.74, 6) is -3.82. The molecular weight excluding hydrogens is 403 g/mol. The molecule has 2 heterocycles. The molecule has 162 valence electrons. The third-order valence-electron chi connectivity index (χ3n) is 5.51. The van der Waals surface area contributed by atoms with Gasteiger partial charge in [-0.1, -0.05) is 36.8 Å². The summed E-state index contributed by atoms with van der Waals surface area (Å²) in [7, 11) is 0. The summed E-state index contributed by atoms with van der Waals surface area (Å²) in [6.07, 6.45) is -4.05. The van der Waals surface area contributed by atoms with Gasteiger partial charge in [-0.05, 0) is 30.9 Å². The van der Waals surface area contributed by atoms with Gasteiger partial charge in [-0.3, -0.25) is 9.78 Å². The molecule has 1 fully saturated rings. The molecule has 8 heteroatoms. The fourth-order valence-corrected chi connectivity index (χ4v) is 3.95. The van der Waals surface area contributed by atoms with E-state index in [0.29, 0.717) is 25.7 Å². The molecule has 0 N–H and O–H groups in total. The smallest absolute Gasteiger partial charge is 0.335 e. The summed E-state index contributed by atoms with van der Waals surface area (Å²) in [5.41, 5.74) is -0.717. The Morgan fingerprint density at radius 2 is 1.90 bits per heavy atom. The Kier molecular flexibility index (Phi) is 5.89. The Labute approximate surface area is 171 Å². The molecule has 3 rings (SSSR count). The lowest BCUT2D eigenvalue weighted by molar-refractivity contribution is -0.139. The lowest BCUT2D eigenvalue weighted by atomic mass is 9.94. The fraction of sp³-hybridized carbons (Fsp3) is 0.455. The molecule has 1 aromatic heterocycles. The Hall–Kier alpha value is -2.51. The van der Waals surface area contributed by atoms with Crippen LogP contribution in [0.25, 0.3) is 0 Å². The fourth-order valence-electron chi connectivity index (χ4n) is 3.95. The highest BCUT2D eigenvalue weighted by Crippen LogP contribution is 2.39. The molecule has 0 radical (unpaired) electrons. The minimum atomic E-state index is -4.89. The summed E-state index contributed by atoms with van der Waals surface area (Å²) < 4.78 is 67.4. The van der Waals surface area contributed by atoms with Crippen molar-refractivity contribution in [1.82, 2.24) is 9.88 Å². The van der Waals surface area contributed by atoms with Crippen molar-refractivity contribution < 1.29 is 26.7 Å². The van der Waals surface area contributed by atoms with Gasteiger partial charge in [-0.25, -0.2) is 8.78 Å². The van der Waals surface area contributed by atoms with E-state index in [1.807, 2.05) is 38.1 Å². The van der Waals surface area contributed by atoms with Crippen molar-refractivity contribution in [3.63, 3.8) is 0 Å². The van der Waals surface area contributed by atoms with E-state index in [1.54, 1.807) is 4.90 Å². The Bertz CT molecular complexity index is 936. The third-order valence-corrected chi connectivity index (χ3v) is 5.51. The molecule has 0 unspecified atom stereocenters. The summed E-state index contributed by atoms with van der Waals surface area (Å²) >= 11 is 0. The monoisotopic (exact) mass is 426 g/mol. The Morgan fingerprint density at radius 3 is 2.50 bits per heavy atom. The number of likely N-dealkylation sites (tertiary alicyclic amines) is 1. The Morgan fingerprint density at radius 1 is 1.20 bits per heavy atom. The Balaban J connectivity index is 1.91. The number of benzene rings is 1. The molecule has 1 saturated heterocycles. The summed E-state index contributed by atoms with van der Waals surface area (Å²) in [4.78, 5) is 18.1. The van der Waals surface area contributed by atoms with E-state index in [1.165, 1.54) is 0 Å². The maximum atomic E-state index is 13.5. The summed E-state index contributed by atoms with van der Waals surface area (Å²) in [5, 5.41) is 0. The van der Waals surface area contributed by atoms with Crippen LogP contribution >= 0.6 is 0 Å². The van der Waals surface area contributed by atoms with Crippen molar-refractivity contribution in [1.29, 1.82) is 0 Å². The van der Waals surface area contributed by atoms with Crippen LogP contribution < -0.4 is 0 Å². The van der Waals surface area contributed by atoms with Crippen LogP contribution in [0.2, 0.25) is 0 Å². The molecule has 2 atom stereocenters. The zero-order valence-corrected chi connectivity index (χ0v) is 16.9. The minimum absolute atomic E-state index is 0.145. The number of aryl methyl sites for hydroxylation is 1. The third kappa shape index (κ3) is 4.63. The number of pyridine rings is 1. The van der Waals surface area contributed by atoms with E-state index in [2.05, 4.69) is 4.98 Å². The second-order valence-electron chi connectivity index (χ2n) is 7.99. The molecule has 0 spiro atoms. The van der Waals surface area contributed by atoms with E-state index in [9.17, 15) is 26.7 Å². The number of amides is 1. The van der Waals surface area contributed by atoms with Crippen molar-refractivity contribution in [2.24, 2.45) is 5.92 Å². The molecule has 3 nitrogen and oxygen atoms in total. The van der Waals surface area contributed by atoms with Gasteiger partial charge < -0.3 is 4.90 Å². The first-order valence-electron chi connectivity index (χ1n) is 9.68. The van der Waals surface area contributed by atoms with E-state index < -0.39 is 41.2 Å². The van der Waals surface area contributed by atoms with Gasteiger partial charge >= 0.3 is 6.18 Å². The predicted octanol–water partition coefficient (Wildman–Crippen LogP) is 5.67. The first kappa shape index (κ1) is 22.2. The zero-order chi connectivity index (χ0) is 22.3. The molecule has 2 aromatic rings. The van der Waals surface area contributed by atoms with Gasteiger partial charge in [0.25, 0.3) is 5.92 Å². The second kappa shape index (κ2) is 7.96. The van der Waals surface area contributed by atoms with Gasteiger partial charge in [-0.15, -0.1) is 0 Å². The highest BCUT2D eigenvalue weighted by atomic mass is 19.4. The van der Waals surface area contributed by atoms with Crippen molar-refractivity contribution in [2.75, 3.05) is 6.54 Å². The molecule has 0 saturated carbocycles. The van der Waals surface area contributed by atoms with E-state index >= 15 is 0 Å². The topological polar surface area (TPSA) is 33.2 Å². The van der Waals surface area contributed by atoms with Crippen molar-refractivity contribution in [2.45, 2.75) is 51.8 Å². The van der Waals surface area contributed by atoms with Crippen LogP contribution in [-0.2, 0) is 23.3 Å². The highest BCUT2D eigenvalue weighted by Gasteiger charge is 2.40. The molecule has 1 aromatic carbocycles. The molecular formula is C22H23F5N2O.